The molecule has 0 spiro atoms. The van der Waals surface area contributed by atoms with Gasteiger partial charge in [-0.3, -0.25) is 0 Å². The SMILES string of the molecule is CC(C)CCCC1(O)CCCC1. The first-order chi connectivity index (χ1) is 5.62. The van der Waals surface area contributed by atoms with Crippen LogP contribution < -0.4 is 0 Å². The highest BCUT2D eigenvalue weighted by molar-refractivity contribution is 4.83. The van der Waals surface area contributed by atoms with E-state index in [1.54, 1.807) is 0 Å². The zero-order chi connectivity index (χ0) is 9.03. The molecule has 1 heteroatoms. The van der Waals surface area contributed by atoms with Gasteiger partial charge < -0.3 is 5.11 Å². The predicted molar refractivity (Wildman–Crippen MR) is 52.1 cm³/mol. The highest BCUT2D eigenvalue weighted by Crippen LogP contribution is 2.33. The van der Waals surface area contributed by atoms with Crippen LogP contribution in [0.1, 0.15) is 58.8 Å². The molecule has 1 rings (SSSR count). The monoisotopic (exact) mass is 170 g/mol. The lowest BCUT2D eigenvalue weighted by atomic mass is 9.93. The van der Waals surface area contributed by atoms with Crippen molar-refractivity contribution in [2.24, 2.45) is 5.92 Å². The molecule has 12 heavy (non-hydrogen) atoms. The van der Waals surface area contributed by atoms with Crippen LogP contribution in [0, 0.1) is 5.92 Å². The molecule has 0 radical (unpaired) electrons. The Morgan fingerprint density at radius 1 is 1.25 bits per heavy atom. The van der Waals surface area contributed by atoms with Gasteiger partial charge in [0.2, 0.25) is 0 Å². The fourth-order valence-corrected chi connectivity index (χ4v) is 2.12. The minimum absolute atomic E-state index is 0.269. The quantitative estimate of drug-likeness (QED) is 0.687. The Balaban J connectivity index is 2.13. The van der Waals surface area contributed by atoms with Gasteiger partial charge in [0.05, 0.1) is 5.60 Å². The van der Waals surface area contributed by atoms with Crippen LogP contribution in [0.3, 0.4) is 0 Å². The molecule has 1 saturated carbocycles. The van der Waals surface area contributed by atoms with Crippen LogP contribution in [-0.2, 0) is 0 Å². The molecule has 0 aromatic heterocycles. The minimum atomic E-state index is -0.269. The normalized spacial score (nSPS) is 22.0. The van der Waals surface area contributed by atoms with E-state index in [1.807, 2.05) is 0 Å². The molecule has 0 aromatic carbocycles. The summed E-state index contributed by atoms with van der Waals surface area (Å²) in [6.45, 7) is 4.50. The van der Waals surface area contributed by atoms with E-state index in [0.29, 0.717) is 0 Å². The summed E-state index contributed by atoms with van der Waals surface area (Å²) in [4.78, 5) is 0. The van der Waals surface area contributed by atoms with Gasteiger partial charge in [-0.15, -0.1) is 0 Å². The standard InChI is InChI=1S/C11H22O/c1-10(2)6-5-9-11(12)7-3-4-8-11/h10,12H,3-9H2,1-2H3. The van der Waals surface area contributed by atoms with E-state index in [1.165, 1.54) is 25.7 Å². The van der Waals surface area contributed by atoms with E-state index in [4.69, 9.17) is 0 Å². The number of hydrogen-bond donors (Lipinski definition) is 1. The van der Waals surface area contributed by atoms with Crippen molar-refractivity contribution in [3.05, 3.63) is 0 Å². The van der Waals surface area contributed by atoms with Crippen molar-refractivity contribution in [2.75, 3.05) is 0 Å². The highest BCUT2D eigenvalue weighted by Gasteiger charge is 2.29. The topological polar surface area (TPSA) is 20.2 Å². The molecule has 1 nitrogen and oxygen atoms in total. The summed E-state index contributed by atoms with van der Waals surface area (Å²) in [5.74, 6) is 0.787. The zero-order valence-corrected chi connectivity index (χ0v) is 8.47. The molecule has 0 aliphatic heterocycles. The molecule has 0 atom stereocenters. The second-order valence-corrected chi connectivity index (χ2v) is 4.72. The van der Waals surface area contributed by atoms with Crippen molar-refractivity contribution >= 4 is 0 Å². The first-order valence-electron chi connectivity index (χ1n) is 5.35. The Labute approximate surface area is 76.2 Å². The Morgan fingerprint density at radius 3 is 2.33 bits per heavy atom. The third-order valence-corrected chi connectivity index (χ3v) is 2.96. The minimum Gasteiger partial charge on any atom is -0.390 e. The van der Waals surface area contributed by atoms with Gasteiger partial charge in [-0.05, 0) is 25.2 Å². The van der Waals surface area contributed by atoms with Gasteiger partial charge in [0.1, 0.15) is 0 Å². The summed E-state index contributed by atoms with van der Waals surface area (Å²) in [5, 5.41) is 10.0. The van der Waals surface area contributed by atoms with Crippen LogP contribution in [0.2, 0.25) is 0 Å². The lowest BCUT2D eigenvalue weighted by Gasteiger charge is -2.22. The molecule has 72 valence electrons. The maximum Gasteiger partial charge on any atom is 0.0647 e. The first-order valence-corrected chi connectivity index (χ1v) is 5.35. The van der Waals surface area contributed by atoms with E-state index in [-0.39, 0.29) is 5.60 Å². The fraction of sp³-hybridized carbons (Fsp3) is 1.00. The van der Waals surface area contributed by atoms with Gasteiger partial charge in [0, 0.05) is 0 Å². The average Bonchev–Trinajstić information content (AvgIpc) is 2.35. The lowest BCUT2D eigenvalue weighted by molar-refractivity contribution is 0.0355. The number of hydrogen-bond acceptors (Lipinski definition) is 1. The Kier molecular flexibility index (Phi) is 3.57. The second kappa shape index (κ2) is 4.27. The molecule has 1 aliphatic rings. The van der Waals surface area contributed by atoms with Gasteiger partial charge in [-0.25, -0.2) is 0 Å². The van der Waals surface area contributed by atoms with Gasteiger partial charge >= 0.3 is 0 Å². The van der Waals surface area contributed by atoms with Gasteiger partial charge in [-0.2, -0.15) is 0 Å². The van der Waals surface area contributed by atoms with Crippen molar-refractivity contribution in [3.8, 4) is 0 Å². The van der Waals surface area contributed by atoms with Crippen LogP contribution in [0.15, 0.2) is 0 Å². The van der Waals surface area contributed by atoms with E-state index in [2.05, 4.69) is 13.8 Å². The van der Waals surface area contributed by atoms with Crippen LogP contribution in [-0.4, -0.2) is 10.7 Å². The zero-order valence-electron chi connectivity index (χ0n) is 8.47. The van der Waals surface area contributed by atoms with E-state index in [9.17, 15) is 5.11 Å². The van der Waals surface area contributed by atoms with E-state index >= 15 is 0 Å². The molecule has 0 aromatic rings. The van der Waals surface area contributed by atoms with E-state index in [0.717, 1.165) is 25.2 Å². The second-order valence-electron chi connectivity index (χ2n) is 4.72. The highest BCUT2D eigenvalue weighted by atomic mass is 16.3. The van der Waals surface area contributed by atoms with Crippen molar-refractivity contribution < 1.29 is 5.11 Å². The van der Waals surface area contributed by atoms with Crippen molar-refractivity contribution in [1.82, 2.24) is 0 Å². The van der Waals surface area contributed by atoms with Crippen molar-refractivity contribution in [1.29, 1.82) is 0 Å². The van der Waals surface area contributed by atoms with Crippen LogP contribution in [0.5, 0.6) is 0 Å². The summed E-state index contributed by atoms with van der Waals surface area (Å²) in [6, 6.07) is 0. The van der Waals surface area contributed by atoms with Crippen LogP contribution in [0.25, 0.3) is 0 Å². The summed E-state index contributed by atoms with van der Waals surface area (Å²) in [6.07, 6.45) is 8.06. The first kappa shape index (κ1) is 10.0. The number of rotatable bonds is 4. The average molecular weight is 170 g/mol. The molecule has 0 heterocycles. The predicted octanol–water partition coefficient (Wildman–Crippen LogP) is 3.12. The van der Waals surface area contributed by atoms with Gasteiger partial charge in [-0.1, -0.05) is 39.5 Å². The molecule has 0 saturated heterocycles. The molecular formula is C11H22O. The Bertz CT molecular complexity index is 123. The molecule has 1 aliphatic carbocycles. The fourth-order valence-electron chi connectivity index (χ4n) is 2.12. The van der Waals surface area contributed by atoms with Crippen LogP contribution >= 0.6 is 0 Å². The third-order valence-electron chi connectivity index (χ3n) is 2.96. The van der Waals surface area contributed by atoms with E-state index < -0.39 is 0 Å². The van der Waals surface area contributed by atoms with Gasteiger partial charge in [0.15, 0.2) is 0 Å². The Hall–Kier alpha value is -0.0400. The third kappa shape index (κ3) is 3.14. The Morgan fingerprint density at radius 2 is 1.83 bits per heavy atom. The largest absolute Gasteiger partial charge is 0.390 e. The van der Waals surface area contributed by atoms with Crippen molar-refractivity contribution in [2.45, 2.75) is 64.4 Å². The summed E-state index contributed by atoms with van der Waals surface area (Å²) < 4.78 is 0. The smallest absolute Gasteiger partial charge is 0.0647 e. The lowest BCUT2D eigenvalue weighted by Crippen LogP contribution is -2.23. The number of aliphatic hydroxyl groups is 1. The summed E-state index contributed by atoms with van der Waals surface area (Å²) >= 11 is 0. The summed E-state index contributed by atoms with van der Waals surface area (Å²) in [5.41, 5.74) is -0.269. The molecule has 0 unspecified atom stereocenters. The van der Waals surface area contributed by atoms with Crippen molar-refractivity contribution in [3.63, 3.8) is 0 Å². The van der Waals surface area contributed by atoms with Crippen LogP contribution in [0.4, 0.5) is 0 Å². The maximum absolute atomic E-state index is 10.0. The molecule has 1 fully saturated rings. The molecule has 1 N–H and O–H groups in total. The molecule has 0 bridgehead atoms. The molecular weight excluding hydrogens is 148 g/mol. The summed E-state index contributed by atoms with van der Waals surface area (Å²) in [7, 11) is 0. The van der Waals surface area contributed by atoms with Gasteiger partial charge in [0.25, 0.3) is 0 Å². The maximum atomic E-state index is 10.0. The molecule has 0 amide bonds.